The van der Waals surface area contributed by atoms with Crippen LogP contribution < -0.4 is 9.64 Å². The first-order chi connectivity index (χ1) is 14.2. The number of rotatable bonds is 5. The molecule has 1 atom stereocenters. The van der Waals surface area contributed by atoms with Crippen LogP contribution in [-0.4, -0.2) is 91.6 Å². The van der Waals surface area contributed by atoms with E-state index in [1.807, 2.05) is 26.8 Å². The second-order valence-corrected chi connectivity index (χ2v) is 9.60. The number of hydrogen-bond donors (Lipinski definition) is 0. The van der Waals surface area contributed by atoms with Gasteiger partial charge in [0, 0.05) is 57.6 Å². The van der Waals surface area contributed by atoms with Crippen molar-refractivity contribution >= 4 is 27.8 Å². The maximum atomic E-state index is 12.4. The monoisotopic (exact) mass is 484 g/mol. The van der Waals surface area contributed by atoms with Crippen molar-refractivity contribution in [2.45, 2.75) is 39.3 Å². The zero-order chi connectivity index (χ0) is 21.7. The number of halogens is 1. The number of hydrogen-bond acceptors (Lipinski definition) is 7. The second kappa shape index (κ2) is 10.2. The summed E-state index contributed by atoms with van der Waals surface area (Å²) in [6.45, 7) is 14.6. The fourth-order valence-corrected chi connectivity index (χ4v) is 3.91. The lowest BCUT2D eigenvalue weighted by molar-refractivity contribution is 0.0218. The molecule has 0 aliphatic carbocycles. The highest BCUT2D eigenvalue weighted by Gasteiger charge is 2.30. The molecular weight excluding hydrogens is 452 g/mol. The molecule has 0 N–H and O–H groups in total. The van der Waals surface area contributed by atoms with Gasteiger partial charge < -0.3 is 24.0 Å². The number of amides is 1. The van der Waals surface area contributed by atoms with Crippen molar-refractivity contribution in [1.29, 1.82) is 0 Å². The van der Waals surface area contributed by atoms with Crippen LogP contribution in [0.15, 0.2) is 16.7 Å². The van der Waals surface area contributed by atoms with Crippen molar-refractivity contribution in [2.24, 2.45) is 0 Å². The van der Waals surface area contributed by atoms with Gasteiger partial charge >= 0.3 is 6.09 Å². The Morgan fingerprint density at radius 3 is 2.67 bits per heavy atom. The van der Waals surface area contributed by atoms with Crippen molar-refractivity contribution in [2.75, 3.05) is 64.0 Å². The average molecular weight is 485 g/mol. The van der Waals surface area contributed by atoms with Gasteiger partial charge in [0.1, 0.15) is 23.8 Å². The van der Waals surface area contributed by atoms with Crippen LogP contribution in [0.4, 0.5) is 10.6 Å². The summed E-state index contributed by atoms with van der Waals surface area (Å²) in [5.74, 6) is 1.64. The highest BCUT2D eigenvalue weighted by molar-refractivity contribution is 9.10. The van der Waals surface area contributed by atoms with Gasteiger partial charge in [-0.05, 0) is 43.6 Å². The third kappa shape index (κ3) is 6.46. The summed E-state index contributed by atoms with van der Waals surface area (Å²) in [4.78, 5) is 23.3. The molecule has 0 radical (unpaired) electrons. The molecule has 2 aliphatic rings. The van der Waals surface area contributed by atoms with Crippen LogP contribution in [0.2, 0.25) is 0 Å². The Morgan fingerprint density at radius 1 is 1.27 bits per heavy atom. The molecule has 1 aromatic heterocycles. The lowest BCUT2D eigenvalue weighted by atomic mass is 10.2. The van der Waals surface area contributed by atoms with Crippen LogP contribution >= 0.6 is 15.9 Å². The quantitative estimate of drug-likeness (QED) is 0.635. The van der Waals surface area contributed by atoms with E-state index in [9.17, 15) is 4.79 Å². The summed E-state index contributed by atoms with van der Waals surface area (Å²) in [6.07, 6.45) is 1.52. The van der Waals surface area contributed by atoms with E-state index in [0.717, 1.165) is 48.9 Å². The van der Waals surface area contributed by atoms with Crippen LogP contribution in [0.5, 0.6) is 5.75 Å². The van der Waals surface area contributed by atoms with E-state index in [2.05, 4.69) is 37.6 Å². The molecule has 2 aliphatic heterocycles. The standard InChI is InChI=1S/C21H33BrN4O4/c1-16-15-25(20(27)30-21(2,3)4)5-6-26(16)19-13-18(17(22)14-23-19)29-12-9-24-7-10-28-11-8-24/h13-14,16H,5-12,15H2,1-4H3/t16-/m0/s1. The number of ether oxygens (including phenoxy) is 3. The fraction of sp³-hybridized carbons (Fsp3) is 0.714. The van der Waals surface area contributed by atoms with Gasteiger partial charge in [-0.15, -0.1) is 0 Å². The molecule has 0 bridgehead atoms. The van der Waals surface area contributed by atoms with Crippen molar-refractivity contribution in [1.82, 2.24) is 14.8 Å². The number of anilines is 1. The summed E-state index contributed by atoms with van der Waals surface area (Å²) in [7, 11) is 0. The van der Waals surface area contributed by atoms with E-state index in [4.69, 9.17) is 14.2 Å². The molecule has 30 heavy (non-hydrogen) atoms. The number of carbonyl (C=O) groups excluding carboxylic acids is 1. The minimum atomic E-state index is -0.488. The molecule has 0 spiro atoms. The SMILES string of the molecule is C[C@H]1CN(C(=O)OC(C)(C)C)CCN1c1cc(OCCN2CCOCC2)c(Br)cn1. The highest BCUT2D eigenvalue weighted by Crippen LogP contribution is 2.30. The molecule has 0 saturated carbocycles. The fourth-order valence-electron chi connectivity index (χ4n) is 3.58. The number of aromatic nitrogens is 1. The number of morpholine rings is 1. The van der Waals surface area contributed by atoms with Crippen molar-refractivity contribution in [3.05, 3.63) is 16.7 Å². The molecule has 1 aromatic rings. The average Bonchev–Trinajstić information content (AvgIpc) is 2.69. The Labute approximate surface area is 187 Å². The van der Waals surface area contributed by atoms with E-state index in [1.165, 1.54) is 0 Å². The Balaban J connectivity index is 1.56. The Morgan fingerprint density at radius 2 is 2.00 bits per heavy atom. The first kappa shape index (κ1) is 23.1. The Bertz CT molecular complexity index is 721. The maximum Gasteiger partial charge on any atom is 0.410 e. The Kier molecular flexibility index (Phi) is 7.81. The summed E-state index contributed by atoms with van der Waals surface area (Å²) in [5, 5.41) is 0. The first-order valence-corrected chi connectivity index (χ1v) is 11.4. The minimum absolute atomic E-state index is 0.126. The zero-order valence-corrected chi connectivity index (χ0v) is 20.0. The summed E-state index contributed by atoms with van der Waals surface area (Å²) in [6, 6.07) is 2.10. The van der Waals surface area contributed by atoms with Crippen molar-refractivity contribution in [3.8, 4) is 5.75 Å². The molecule has 9 heteroatoms. The van der Waals surface area contributed by atoms with E-state index in [-0.39, 0.29) is 12.1 Å². The van der Waals surface area contributed by atoms with Gasteiger partial charge in [-0.2, -0.15) is 0 Å². The minimum Gasteiger partial charge on any atom is -0.491 e. The molecule has 2 fully saturated rings. The number of carbonyl (C=O) groups is 1. The first-order valence-electron chi connectivity index (χ1n) is 10.6. The smallest absolute Gasteiger partial charge is 0.410 e. The molecule has 8 nitrogen and oxygen atoms in total. The molecule has 1 amide bonds. The van der Waals surface area contributed by atoms with Gasteiger partial charge in [-0.3, -0.25) is 4.90 Å². The van der Waals surface area contributed by atoms with E-state index >= 15 is 0 Å². The number of piperazine rings is 1. The second-order valence-electron chi connectivity index (χ2n) is 8.74. The lowest BCUT2D eigenvalue weighted by Gasteiger charge is -2.40. The van der Waals surface area contributed by atoms with Crippen LogP contribution in [-0.2, 0) is 9.47 Å². The van der Waals surface area contributed by atoms with Gasteiger partial charge in [0.05, 0.1) is 17.7 Å². The van der Waals surface area contributed by atoms with Gasteiger partial charge in [-0.25, -0.2) is 9.78 Å². The summed E-state index contributed by atoms with van der Waals surface area (Å²) < 4.78 is 17.8. The van der Waals surface area contributed by atoms with Gasteiger partial charge in [0.15, 0.2) is 0 Å². The number of pyridine rings is 1. The predicted molar refractivity (Wildman–Crippen MR) is 119 cm³/mol. The largest absolute Gasteiger partial charge is 0.491 e. The third-order valence-corrected chi connectivity index (χ3v) is 5.74. The molecule has 168 valence electrons. The zero-order valence-electron chi connectivity index (χ0n) is 18.4. The van der Waals surface area contributed by atoms with E-state index < -0.39 is 5.60 Å². The molecule has 3 rings (SSSR count). The van der Waals surface area contributed by atoms with Gasteiger partial charge in [0.25, 0.3) is 0 Å². The predicted octanol–water partition coefficient (Wildman–Crippen LogP) is 3.00. The maximum absolute atomic E-state index is 12.4. The molecule has 0 aromatic carbocycles. The van der Waals surface area contributed by atoms with Crippen LogP contribution in [0.1, 0.15) is 27.7 Å². The molecule has 2 saturated heterocycles. The molecular formula is C21H33BrN4O4. The van der Waals surface area contributed by atoms with Crippen molar-refractivity contribution < 1.29 is 19.0 Å². The van der Waals surface area contributed by atoms with Crippen molar-refractivity contribution in [3.63, 3.8) is 0 Å². The third-order valence-electron chi connectivity index (χ3n) is 5.15. The van der Waals surface area contributed by atoms with Crippen LogP contribution in [0.25, 0.3) is 0 Å². The lowest BCUT2D eigenvalue weighted by Crippen LogP contribution is -2.54. The highest BCUT2D eigenvalue weighted by atomic mass is 79.9. The van der Waals surface area contributed by atoms with Gasteiger partial charge in [0.2, 0.25) is 0 Å². The van der Waals surface area contributed by atoms with Crippen LogP contribution in [0.3, 0.4) is 0 Å². The summed E-state index contributed by atoms with van der Waals surface area (Å²) >= 11 is 3.54. The molecule has 3 heterocycles. The normalized spacial score (nSPS) is 20.9. The Hall–Kier alpha value is -1.58. The van der Waals surface area contributed by atoms with E-state index in [1.54, 1.807) is 11.1 Å². The van der Waals surface area contributed by atoms with E-state index in [0.29, 0.717) is 26.2 Å². The number of nitrogens with zero attached hydrogens (tertiary/aromatic N) is 4. The van der Waals surface area contributed by atoms with Crippen LogP contribution in [0, 0.1) is 0 Å². The topological polar surface area (TPSA) is 67.4 Å². The molecule has 0 unspecified atom stereocenters. The van der Waals surface area contributed by atoms with Gasteiger partial charge in [-0.1, -0.05) is 0 Å². The summed E-state index contributed by atoms with van der Waals surface area (Å²) in [5.41, 5.74) is -0.488.